The molecule has 0 aromatic rings. The second-order valence-electron chi connectivity index (χ2n) is 4.80. The molecule has 0 saturated carbocycles. The van der Waals surface area contributed by atoms with E-state index in [-0.39, 0.29) is 0 Å². The molecular formula is C11H22OSi. The van der Waals surface area contributed by atoms with Crippen LogP contribution in [0.4, 0.5) is 0 Å². The maximum absolute atomic E-state index is 6.10. The van der Waals surface area contributed by atoms with Crippen LogP contribution in [0.15, 0.2) is 11.3 Å². The third-order valence-electron chi connectivity index (χ3n) is 2.38. The van der Waals surface area contributed by atoms with Gasteiger partial charge >= 0.3 is 0 Å². The zero-order valence-electron chi connectivity index (χ0n) is 9.44. The van der Waals surface area contributed by atoms with E-state index in [0.717, 1.165) is 0 Å². The van der Waals surface area contributed by atoms with Gasteiger partial charge in [-0.3, -0.25) is 0 Å². The number of hydrogen-bond donors (Lipinski definition) is 0. The van der Waals surface area contributed by atoms with Crippen LogP contribution in [-0.4, -0.2) is 8.32 Å². The van der Waals surface area contributed by atoms with Gasteiger partial charge in [-0.2, -0.15) is 0 Å². The minimum atomic E-state index is -1.36. The third-order valence-corrected chi connectivity index (χ3v) is 3.24. The van der Waals surface area contributed by atoms with Gasteiger partial charge in [-0.25, -0.2) is 0 Å². The zero-order valence-corrected chi connectivity index (χ0v) is 10.4. The molecule has 0 heterocycles. The van der Waals surface area contributed by atoms with Crippen molar-refractivity contribution in [2.45, 2.75) is 58.7 Å². The summed E-state index contributed by atoms with van der Waals surface area (Å²) >= 11 is 0. The summed E-state index contributed by atoms with van der Waals surface area (Å²) in [4.78, 5) is 0. The second-order valence-corrected chi connectivity index (χ2v) is 9.23. The Bertz CT molecular complexity index is 201. The maximum Gasteiger partial charge on any atom is 0.241 e. The lowest BCUT2D eigenvalue weighted by Crippen LogP contribution is -2.26. The Balaban J connectivity index is 2.68. The number of allylic oxidation sites excluding steroid dienone is 2. The van der Waals surface area contributed by atoms with Crippen LogP contribution < -0.4 is 0 Å². The second kappa shape index (κ2) is 4.31. The van der Waals surface area contributed by atoms with Gasteiger partial charge in [-0.05, 0) is 50.9 Å². The van der Waals surface area contributed by atoms with Gasteiger partial charge in [0.25, 0.3) is 0 Å². The van der Waals surface area contributed by atoms with Crippen molar-refractivity contribution in [3.63, 3.8) is 0 Å². The molecule has 1 aliphatic carbocycles. The summed E-state index contributed by atoms with van der Waals surface area (Å²) in [7, 11) is -1.36. The fourth-order valence-corrected chi connectivity index (χ4v) is 2.79. The first-order chi connectivity index (χ1) is 6.03. The van der Waals surface area contributed by atoms with Gasteiger partial charge in [0.2, 0.25) is 8.32 Å². The highest BCUT2D eigenvalue weighted by atomic mass is 28.4. The SMILES string of the molecule is CCC1=C(O[Si](C)(C)C)CCCC1. The van der Waals surface area contributed by atoms with Crippen LogP contribution in [0.3, 0.4) is 0 Å². The Morgan fingerprint density at radius 3 is 2.31 bits per heavy atom. The predicted octanol–water partition coefficient (Wildman–Crippen LogP) is 4.08. The first kappa shape index (κ1) is 10.8. The van der Waals surface area contributed by atoms with Crippen molar-refractivity contribution in [2.24, 2.45) is 0 Å². The molecule has 0 fully saturated rings. The summed E-state index contributed by atoms with van der Waals surface area (Å²) < 4.78 is 6.10. The standard InChI is InChI=1S/C11H22OSi/c1-5-10-8-6-7-9-11(10)12-13(2,3)4/h5-9H2,1-4H3. The molecule has 0 radical (unpaired) electrons. The first-order valence-electron chi connectivity index (χ1n) is 5.43. The van der Waals surface area contributed by atoms with Crippen LogP contribution in [-0.2, 0) is 4.43 Å². The van der Waals surface area contributed by atoms with Gasteiger partial charge in [-0.1, -0.05) is 6.92 Å². The Morgan fingerprint density at radius 1 is 1.15 bits per heavy atom. The molecule has 0 spiro atoms. The molecule has 0 N–H and O–H groups in total. The van der Waals surface area contributed by atoms with Crippen LogP contribution in [0.5, 0.6) is 0 Å². The van der Waals surface area contributed by atoms with Gasteiger partial charge in [-0.15, -0.1) is 0 Å². The molecule has 2 heteroatoms. The molecule has 0 amide bonds. The van der Waals surface area contributed by atoms with Crippen molar-refractivity contribution in [1.82, 2.24) is 0 Å². The van der Waals surface area contributed by atoms with Gasteiger partial charge in [0.05, 0.1) is 5.76 Å². The molecule has 76 valence electrons. The molecule has 0 bridgehead atoms. The summed E-state index contributed by atoms with van der Waals surface area (Å²) in [5, 5.41) is 0. The van der Waals surface area contributed by atoms with Crippen molar-refractivity contribution < 1.29 is 4.43 Å². The van der Waals surface area contributed by atoms with Crippen LogP contribution in [0.1, 0.15) is 39.0 Å². The molecule has 0 aliphatic heterocycles. The van der Waals surface area contributed by atoms with Crippen molar-refractivity contribution in [3.8, 4) is 0 Å². The molecule has 1 aliphatic rings. The van der Waals surface area contributed by atoms with E-state index in [2.05, 4.69) is 26.6 Å². The van der Waals surface area contributed by atoms with Crippen molar-refractivity contribution >= 4 is 8.32 Å². The Hall–Kier alpha value is -0.243. The molecule has 13 heavy (non-hydrogen) atoms. The fraction of sp³-hybridized carbons (Fsp3) is 0.818. The van der Waals surface area contributed by atoms with Gasteiger partial charge in [0, 0.05) is 6.42 Å². The lowest BCUT2D eigenvalue weighted by Gasteiger charge is -2.27. The van der Waals surface area contributed by atoms with Crippen molar-refractivity contribution in [3.05, 3.63) is 11.3 Å². The summed E-state index contributed by atoms with van der Waals surface area (Å²) in [6, 6.07) is 0. The number of rotatable bonds is 3. The topological polar surface area (TPSA) is 9.23 Å². The van der Waals surface area contributed by atoms with E-state index in [4.69, 9.17) is 4.43 Å². The Morgan fingerprint density at radius 2 is 1.77 bits per heavy atom. The highest BCUT2D eigenvalue weighted by Crippen LogP contribution is 2.29. The van der Waals surface area contributed by atoms with E-state index in [1.807, 2.05) is 0 Å². The lowest BCUT2D eigenvalue weighted by atomic mass is 9.96. The highest BCUT2D eigenvalue weighted by Gasteiger charge is 2.21. The van der Waals surface area contributed by atoms with Crippen LogP contribution in [0.2, 0.25) is 19.6 Å². The molecule has 0 aromatic heterocycles. The average molecular weight is 198 g/mol. The van der Waals surface area contributed by atoms with Gasteiger partial charge in [0.15, 0.2) is 0 Å². The molecule has 0 saturated heterocycles. The summed E-state index contributed by atoms with van der Waals surface area (Å²) in [6.45, 7) is 9.04. The zero-order chi connectivity index (χ0) is 9.90. The van der Waals surface area contributed by atoms with Gasteiger partial charge < -0.3 is 4.43 Å². The molecular weight excluding hydrogens is 176 g/mol. The Labute approximate surface area is 83.3 Å². The third kappa shape index (κ3) is 3.55. The summed E-state index contributed by atoms with van der Waals surface area (Å²) in [6.07, 6.45) is 6.33. The smallest absolute Gasteiger partial charge is 0.241 e. The first-order valence-corrected chi connectivity index (χ1v) is 8.83. The van der Waals surface area contributed by atoms with Crippen LogP contribution >= 0.6 is 0 Å². The highest BCUT2D eigenvalue weighted by molar-refractivity contribution is 6.70. The average Bonchev–Trinajstić information content (AvgIpc) is 2.02. The monoisotopic (exact) mass is 198 g/mol. The minimum absolute atomic E-state index is 1.18. The molecule has 1 nitrogen and oxygen atoms in total. The fourth-order valence-electron chi connectivity index (χ4n) is 1.81. The number of hydrogen-bond acceptors (Lipinski definition) is 1. The predicted molar refractivity (Wildman–Crippen MR) is 60.2 cm³/mol. The molecule has 0 unspecified atom stereocenters. The van der Waals surface area contributed by atoms with E-state index < -0.39 is 8.32 Å². The Kier molecular flexibility index (Phi) is 3.60. The largest absolute Gasteiger partial charge is 0.547 e. The summed E-state index contributed by atoms with van der Waals surface area (Å²) in [5.41, 5.74) is 1.58. The molecule has 0 atom stereocenters. The van der Waals surface area contributed by atoms with Crippen LogP contribution in [0, 0.1) is 0 Å². The van der Waals surface area contributed by atoms with E-state index >= 15 is 0 Å². The van der Waals surface area contributed by atoms with Crippen molar-refractivity contribution in [2.75, 3.05) is 0 Å². The normalized spacial score (nSPS) is 19.1. The summed E-state index contributed by atoms with van der Waals surface area (Å²) in [5.74, 6) is 1.34. The van der Waals surface area contributed by atoms with E-state index in [0.29, 0.717) is 0 Å². The minimum Gasteiger partial charge on any atom is -0.547 e. The van der Waals surface area contributed by atoms with E-state index in [9.17, 15) is 0 Å². The molecule has 1 rings (SSSR count). The maximum atomic E-state index is 6.10. The molecule has 0 aromatic carbocycles. The van der Waals surface area contributed by atoms with E-state index in [1.54, 1.807) is 5.57 Å². The quantitative estimate of drug-likeness (QED) is 0.621. The van der Waals surface area contributed by atoms with E-state index in [1.165, 1.54) is 37.9 Å². The van der Waals surface area contributed by atoms with Crippen molar-refractivity contribution in [1.29, 1.82) is 0 Å². The van der Waals surface area contributed by atoms with Gasteiger partial charge in [0.1, 0.15) is 0 Å². The lowest BCUT2D eigenvalue weighted by molar-refractivity contribution is 0.367. The van der Waals surface area contributed by atoms with Crippen LogP contribution in [0.25, 0.3) is 0 Å².